The molecule has 1 spiro atoms. The minimum absolute atomic E-state index is 0.609. The SMILES string of the molecule is c1cc2c(s1)SC1(CC1)CN2. The largest absolute Gasteiger partial charge is 0.382 e. The van der Waals surface area contributed by atoms with Crippen LogP contribution < -0.4 is 5.32 Å². The molecule has 1 aromatic rings. The first-order valence-corrected chi connectivity index (χ1v) is 5.58. The number of thiophene rings is 1. The number of fused-ring (bicyclic) bond motifs is 1. The molecule has 1 aromatic heterocycles. The maximum Gasteiger partial charge on any atom is 0.0836 e. The maximum atomic E-state index is 3.48. The molecule has 1 nitrogen and oxygen atoms in total. The summed E-state index contributed by atoms with van der Waals surface area (Å²) in [6, 6.07) is 2.18. The van der Waals surface area contributed by atoms with Crippen molar-refractivity contribution in [1.29, 1.82) is 0 Å². The summed E-state index contributed by atoms with van der Waals surface area (Å²) in [7, 11) is 0. The quantitative estimate of drug-likeness (QED) is 0.664. The molecule has 0 amide bonds. The lowest BCUT2D eigenvalue weighted by atomic mass is 10.4. The molecule has 0 saturated heterocycles. The van der Waals surface area contributed by atoms with Crippen LogP contribution in [-0.4, -0.2) is 11.3 Å². The fourth-order valence-corrected chi connectivity index (χ4v) is 3.99. The summed E-state index contributed by atoms with van der Waals surface area (Å²) in [5.74, 6) is 0. The van der Waals surface area contributed by atoms with E-state index >= 15 is 0 Å². The van der Waals surface area contributed by atoms with E-state index < -0.39 is 0 Å². The summed E-state index contributed by atoms with van der Waals surface area (Å²) in [4.78, 5) is 0. The van der Waals surface area contributed by atoms with Crippen molar-refractivity contribution in [1.82, 2.24) is 0 Å². The van der Waals surface area contributed by atoms with E-state index in [9.17, 15) is 0 Å². The standard InChI is InChI=1S/C8H9NS2/c1-4-10-7-6(1)9-5-8(11-7)2-3-8/h1,4,9H,2-3,5H2. The second-order valence-electron chi connectivity index (χ2n) is 3.26. The molecule has 0 aromatic carbocycles. The van der Waals surface area contributed by atoms with Crippen LogP contribution >= 0.6 is 23.1 Å². The number of thioether (sulfide) groups is 1. The number of rotatable bonds is 0. The van der Waals surface area contributed by atoms with Gasteiger partial charge in [0.25, 0.3) is 0 Å². The molecule has 3 rings (SSSR count). The monoisotopic (exact) mass is 183 g/mol. The Kier molecular flexibility index (Phi) is 1.13. The highest BCUT2D eigenvalue weighted by Gasteiger charge is 2.46. The van der Waals surface area contributed by atoms with E-state index in [0.29, 0.717) is 4.75 Å². The lowest BCUT2D eigenvalue weighted by molar-refractivity contribution is 0.931. The normalized spacial score (nSPS) is 24.4. The Hall–Kier alpha value is -0.150. The summed E-state index contributed by atoms with van der Waals surface area (Å²) in [5.41, 5.74) is 1.36. The van der Waals surface area contributed by atoms with Gasteiger partial charge < -0.3 is 5.32 Å². The lowest BCUT2D eigenvalue weighted by Crippen LogP contribution is -2.21. The van der Waals surface area contributed by atoms with Gasteiger partial charge in [-0.05, 0) is 24.3 Å². The molecule has 1 saturated carbocycles. The van der Waals surface area contributed by atoms with Crippen LogP contribution in [0.25, 0.3) is 0 Å². The first kappa shape index (κ1) is 6.38. The molecule has 0 bridgehead atoms. The van der Waals surface area contributed by atoms with Gasteiger partial charge in [0, 0.05) is 11.3 Å². The molecule has 2 heterocycles. The molecule has 1 aliphatic carbocycles. The van der Waals surface area contributed by atoms with Gasteiger partial charge in [0.1, 0.15) is 0 Å². The zero-order valence-electron chi connectivity index (χ0n) is 6.09. The summed E-state index contributed by atoms with van der Waals surface area (Å²) in [5, 5.41) is 5.66. The summed E-state index contributed by atoms with van der Waals surface area (Å²) < 4.78 is 2.10. The van der Waals surface area contributed by atoms with Crippen molar-refractivity contribution < 1.29 is 0 Å². The van der Waals surface area contributed by atoms with Gasteiger partial charge in [0.15, 0.2) is 0 Å². The van der Waals surface area contributed by atoms with E-state index in [1.165, 1.54) is 29.3 Å². The molecule has 0 radical (unpaired) electrons. The van der Waals surface area contributed by atoms with Crippen LogP contribution in [0.3, 0.4) is 0 Å². The average molecular weight is 183 g/mol. The van der Waals surface area contributed by atoms with Gasteiger partial charge in [-0.25, -0.2) is 0 Å². The Morgan fingerprint density at radius 1 is 1.45 bits per heavy atom. The zero-order valence-corrected chi connectivity index (χ0v) is 7.73. The summed E-state index contributed by atoms with van der Waals surface area (Å²) >= 11 is 3.96. The first-order chi connectivity index (χ1) is 5.38. The van der Waals surface area contributed by atoms with Crippen LogP contribution in [0.15, 0.2) is 15.7 Å². The zero-order chi connectivity index (χ0) is 7.31. The molecular formula is C8H9NS2. The van der Waals surface area contributed by atoms with Crippen LogP contribution in [0, 0.1) is 0 Å². The summed E-state index contributed by atoms with van der Waals surface area (Å²) in [6.45, 7) is 1.18. The molecule has 1 fully saturated rings. The fraction of sp³-hybridized carbons (Fsp3) is 0.500. The highest BCUT2D eigenvalue weighted by atomic mass is 32.2. The Bertz CT molecular complexity index is 288. The molecular weight excluding hydrogens is 174 g/mol. The van der Waals surface area contributed by atoms with E-state index in [1.807, 2.05) is 11.3 Å². The second kappa shape index (κ2) is 1.96. The van der Waals surface area contributed by atoms with E-state index in [0.717, 1.165) is 0 Å². The predicted molar refractivity (Wildman–Crippen MR) is 50.6 cm³/mol. The van der Waals surface area contributed by atoms with E-state index in [-0.39, 0.29) is 0 Å². The maximum absolute atomic E-state index is 3.48. The third-order valence-electron chi connectivity index (χ3n) is 2.35. The Labute approximate surface area is 74.2 Å². The molecule has 0 atom stereocenters. The first-order valence-electron chi connectivity index (χ1n) is 3.88. The fourth-order valence-electron chi connectivity index (χ4n) is 1.41. The van der Waals surface area contributed by atoms with Crippen molar-refractivity contribution in [2.24, 2.45) is 0 Å². The van der Waals surface area contributed by atoms with Gasteiger partial charge in [0.2, 0.25) is 0 Å². The van der Waals surface area contributed by atoms with Gasteiger partial charge in [-0.15, -0.1) is 23.1 Å². The van der Waals surface area contributed by atoms with Gasteiger partial charge in [-0.2, -0.15) is 0 Å². The van der Waals surface area contributed by atoms with Crippen molar-refractivity contribution in [3.8, 4) is 0 Å². The minimum atomic E-state index is 0.609. The van der Waals surface area contributed by atoms with Crippen molar-refractivity contribution >= 4 is 28.8 Å². The smallest absolute Gasteiger partial charge is 0.0836 e. The number of nitrogens with one attached hydrogen (secondary N) is 1. The van der Waals surface area contributed by atoms with Crippen molar-refractivity contribution in [3.05, 3.63) is 11.4 Å². The Morgan fingerprint density at radius 3 is 3.18 bits per heavy atom. The number of hydrogen-bond acceptors (Lipinski definition) is 3. The highest BCUT2D eigenvalue weighted by Crippen LogP contribution is 2.57. The van der Waals surface area contributed by atoms with Crippen LogP contribution in [0.4, 0.5) is 5.69 Å². The van der Waals surface area contributed by atoms with Crippen LogP contribution in [0.1, 0.15) is 12.8 Å². The minimum Gasteiger partial charge on any atom is -0.382 e. The average Bonchev–Trinajstić information content (AvgIpc) is 2.63. The molecule has 3 heteroatoms. The third kappa shape index (κ3) is 0.908. The molecule has 1 N–H and O–H groups in total. The lowest BCUT2D eigenvalue weighted by Gasteiger charge is -2.21. The molecule has 11 heavy (non-hydrogen) atoms. The molecule has 0 unspecified atom stereocenters. The van der Waals surface area contributed by atoms with Crippen molar-refractivity contribution in [3.63, 3.8) is 0 Å². The van der Waals surface area contributed by atoms with Gasteiger partial charge in [0.05, 0.1) is 9.90 Å². The van der Waals surface area contributed by atoms with Crippen LogP contribution in [-0.2, 0) is 0 Å². The number of anilines is 1. The van der Waals surface area contributed by atoms with Gasteiger partial charge in [-0.3, -0.25) is 0 Å². The van der Waals surface area contributed by atoms with Gasteiger partial charge >= 0.3 is 0 Å². The van der Waals surface area contributed by atoms with Crippen molar-refractivity contribution in [2.75, 3.05) is 11.9 Å². The van der Waals surface area contributed by atoms with Crippen LogP contribution in [0.5, 0.6) is 0 Å². The molecule has 1 aliphatic heterocycles. The predicted octanol–water partition coefficient (Wildman–Crippen LogP) is 2.80. The van der Waals surface area contributed by atoms with E-state index in [2.05, 4.69) is 28.5 Å². The Morgan fingerprint density at radius 2 is 2.36 bits per heavy atom. The third-order valence-corrected chi connectivity index (χ3v) is 4.98. The molecule has 2 aliphatic rings. The topological polar surface area (TPSA) is 12.0 Å². The van der Waals surface area contributed by atoms with E-state index in [1.54, 1.807) is 0 Å². The second-order valence-corrected chi connectivity index (χ2v) is 5.91. The Balaban J connectivity index is 2.00. The van der Waals surface area contributed by atoms with Gasteiger partial charge in [-0.1, -0.05) is 0 Å². The highest BCUT2D eigenvalue weighted by molar-refractivity contribution is 8.03. The number of hydrogen-bond donors (Lipinski definition) is 1. The summed E-state index contributed by atoms with van der Waals surface area (Å²) in [6.07, 6.45) is 2.81. The van der Waals surface area contributed by atoms with Crippen LogP contribution in [0.2, 0.25) is 0 Å². The van der Waals surface area contributed by atoms with Crippen molar-refractivity contribution in [2.45, 2.75) is 21.8 Å². The van der Waals surface area contributed by atoms with E-state index in [4.69, 9.17) is 0 Å². The molecule has 58 valence electrons.